The van der Waals surface area contributed by atoms with Gasteiger partial charge in [0.1, 0.15) is 0 Å². The highest BCUT2D eigenvalue weighted by Crippen LogP contribution is 2.21. The van der Waals surface area contributed by atoms with Gasteiger partial charge in [-0.2, -0.15) is 0 Å². The minimum Gasteiger partial charge on any atom is -0.0648 e. The Labute approximate surface area is 69.3 Å². The Kier molecular flexibility index (Phi) is 3.15. The monoisotopic (exact) mass is 147 g/mol. The van der Waals surface area contributed by atoms with E-state index in [1.165, 1.54) is 12.0 Å². The molecule has 1 aromatic carbocycles. The highest BCUT2D eigenvalue weighted by Gasteiger charge is 2.04. The van der Waals surface area contributed by atoms with E-state index in [1.54, 1.807) is 0 Å². The zero-order valence-electron chi connectivity index (χ0n) is 7.09. The van der Waals surface area contributed by atoms with E-state index < -0.39 is 0 Å². The second kappa shape index (κ2) is 4.17. The lowest BCUT2D eigenvalue weighted by Crippen LogP contribution is -1.93. The summed E-state index contributed by atoms with van der Waals surface area (Å²) in [4.78, 5) is 0. The van der Waals surface area contributed by atoms with Crippen molar-refractivity contribution >= 4 is 0 Å². The van der Waals surface area contributed by atoms with Crippen LogP contribution >= 0.6 is 0 Å². The van der Waals surface area contributed by atoms with Crippen LogP contribution in [0.4, 0.5) is 0 Å². The molecule has 0 aliphatic rings. The summed E-state index contributed by atoms with van der Waals surface area (Å²) in [6.45, 7) is 6.14. The summed E-state index contributed by atoms with van der Waals surface area (Å²) in [5.74, 6) is 0.649. The number of hydrogen-bond donors (Lipinski definition) is 0. The van der Waals surface area contributed by atoms with Crippen LogP contribution < -0.4 is 0 Å². The van der Waals surface area contributed by atoms with E-state index in [2.05, 4.69) is 44.2 Å². The molecule has 0 saturated carbocycles. The third-order valence-electron chi connectivity index (χ3n) is 2.11. The lowest BCUT2D eigenvalue weighted by molar-refractivity contribution is 0.672. The van der Waals surface area contributed by atoms with Gasteiger partial charge in [-0.25, -0.2) is 0 Å². The minimum atomic E-state index is 0.649. The van der Waals surface area contributed by atoms with E-state index in [0.717, 1.165) is 6.42 Å². The summed E-state index contributed by atoms with van der Waals surface area (Å²) in [5, 5.41) is 0. The van der Waals surface area contributed by atoms with Crippen molar-refractivity contribution in [3.05, 3.63) is 42.8 Å². The first kappa shape index (κ1) is 8.32. The molecular formula is C11H15. The molecule has 59 valence electrons. The lowest BCUT2D eigenvalue weighted by atomic mass is 9.94. The quantitative estimate of drug-likeness (QED) is 0.614. The fourth-order valence-electron chi connectivity index (χ4n) is 1.33. The smallest absolute Gasteiger partial charge is 0.0165 e. The van der Waals surface area contributed by atoms with Crippen LogP contribution in [0.5, 0.6) is 0 Å². The normalized spacial score (nSPS) is 10.5. The van der Waals surface area contributed by atoms with Crippen molar-refractivity contribution in [2.45, 2.75) is 25.7 Å². The SMILES string of the molecule is [CH2]CC(CC)c1ccccc1. The topological polar surface area (TPSA) is 0 Å². The fourth-order valence-corrected chi connectivity index (χ4v) is 1.33. The van der Waals surface area contributed by atoms with Gasteiger partial charge in [0.05, 0.1) is 0 Å². The van der Waals surface area contributed by atoms with Crippen molar-refractivity contribution in [2.24, 2.45) is 0 Å². The van der Waals surface area contributed by atoms with E-state index in [1.807, 2.05) is 0 Å². The first-order valence-electron chi connectivity index (χ1n) is 4.22. The first-order chi connectivity index (χ1) is 5.38. The average molecular weight is 147 g/mol. The van der Waals surface area contributed by atoms with Crippen LogP contribution in [0.15, 0.2) is 30.3 Å². The molecule has 0 N–H and O–H groups in total. The molecule has 1 rings (SSSR count). The molecule has 0 saturated heterocycles. The molecule has 0 heteroatoms. The molecule has 0 bridgehead atoms. The van der Waals surface area contributed by atoms with Gasteiger partial charge in [0.2, 0.25) is 0 Å². The van der Waals surface area contributed by atoms with Crippen LogP contribution in [0.3, 0.4) is 0 Å². The van der Waals surface area contributed by atoms with E-state index in [-0.39, 0.29) is 0 Å². The fraction of sp³-hybridized carbons (Fsp3) is 0.364. The van der Waals surface area contributed by atoms with Crippen LogP contribution in [0.2, 0.25) is 0 Å². The van der Waals surface area contributed by atoms with Gasteiger partial charge in [-0.15, -0.1) is 0 Å². The maximum absolute atomic E-state index is 3.93. The van der Waals surface area contributed by atoms with E-state index >= 15 is 0 Å². The highest BCUT2D eigenvalue weighted by atomic mass is 14.1. The number of rotatable bonds is 3. The summed E-state index contributed by atoms with van der Waals surface area (Å²) < 4.78 is 0. The van der Waals surface area contributed by atoms with Gasteiger partial charge in [-0.3, -0.25) is 0 Å². The van der Waals surface area contributed by atoms with Crippen LogP contribution in [-0.2, 0) is 0 Å². The molecule has 0 aliphatic heterocycles. The Bertz CT molecular complexity index is 184. The van der Waals surface area contributed by atoms with Crippen molar-refractivity contribution in [2.75, 3.05) is 0 Å². The molecule has 0 amide bonds. The van der Waals surface area contributed by atoms with Crippen molar-refractivity contribution in [1.29, 1.82) is 0 Å². The third-order valence-corrected chi connectivity index (χ3v) is 2.11. The van der Waals surface area contributed by atoms with E-state index in [4.69, 9.17) is 0 Å². The van der Waals surface area contributed by atoms with Gasteiger partial charge in [0, 0.05) is 0 Å². The predicted octanol–water partition coefficient (Wildman–Crippen LogP) is 3.40. The zero-order valence-corrected chi connectivity index (χ0v) is 7.09. The summed E-state index contributed by atoms with van der Waals surface area (Å²) in [6, 6.07) is 10.6. The Morgan fingerprint density at radius 3 is 2.36 bits per heavy atom. The standard InChI is InChI=1S/C11H15/c1-3-10(4-2)11-8-6-5-7-9-11/h5-10H,1,3-4H2,2H3. The zero-order chi connectivity index (χ0) is 8.10. The highest BCUT2D eigenvalue weighted by molar-refractivity contribution is 5.19. The van der Waals surface area contributed by atoms with Crippen molar-refractivity contribution in [1.82, 2.24) is 0 Å². The summed E-state index contributed by atoms with van der Waals surface area (Å²) in [6.07, 6.45) is 2.19. The van der Waals surface area contributed by atoms with Crippen LogP contribution in [0, 0.1) is 6.92 Å². The van der Waals surface area contributed by atoms with Crippen LogP contribution in [-0.4, -0.2) is 0 Å². The van der Waals surface area contributed by atoms with Gasteiger partial charge in [-0.05, 0) is 24.3 Å². The van der Waals surface area contributed by atoms with Crippen LogP contribution in [0.1, 0.15) is 31.2 Å². The Balaban J connectivity index is 2.74. The molecule has 0 heterocycles. The van der Waals surface area contributed by atoms with Gasteiger partial charge in [0.25, 0.3) is 0 Å². The van der Waals surface area contributed by atoms with Gasteiger partial charge in [0.15, 0.2) is 0 Å². The molecule has 1 radical (unpaired) electrons. The average Bonchev–Trinajstić information content (AvgIpc) is 2.09. The predicted molar refractivity (Wildman–Crippen MR) is 49.4 cm³/mol. The minimum absolute atomic E-state index is 0.649. The molecule has 1 atom stereocenters. The Morgan fingerprint density at radius 2 is 1.91 bits per heavy atom. The van der Waals surface area contributed by atoms with E-state index in [9.17, 15) is 0 Å². The second-order valence-corrected chi connectivity index (χ2v) is 2.80. The molecule has 0 aliphatic carbocycles. The largest absolute Gasteiger partial charge is 0.0648 e. The third kappa shape index (κ3) is 2.07. The molecule has 1 unspecified atom stereocenters. The number of benzene rings is 1. The van der Waals surface area contributed by atoms with E-state index in [0.29, 0.717) is 5.92 Å². The second-order valence-electron chi connectivity index (χ2n) is 2.80. The van der Waals surface area contributed by atoms with Crippen LogP contribution in [0.25, 0.3) is 0 Å². The van der Waals surface area contributed by atoms with Crippen molar-refractivity contribution in [3.63, 3.8) is 0 Å². The molecular weight excluding hydrogens is 132 g/mol. The Morgan fingerprint density at radius 1 is 1.27 bits per heavy atom. The lowest BCUT2D eigenvalue weighted by Gasteiger charge is -2.11. The molecule has 1 aromatic rings. The molecule has 11 heavy (non-hydrogen) atoms. The van der Waals surface area contributed by atoms with Crippen molar-refractivity contribution in [3.8, 4) is 0 Å². The Hall–Kier alpha value is -0.780. The maximum Gasteiger partial charge on any atom is -0.0165 e. The molecule has 0 nitrogen and oxygen atoms in total. The molecule has 0 fully saturated rings. The molecule has 0 spiro atoms. The van der Waals surface area contributed by atoms with Crippen molar-refractivity contribution < 1.29 is 0 Å². The maximum atomic E-state index is 3.93. The van der Waals surface area contributed by atoms with Gasteiger partial charge < -0.3 is 0 Å². The van der Waals surface area contributed by atoms with Gasteiger partial charge >= 0.3 is 0 Å². The summed E-state index contributed by atoms with van der Waals surface area (Å²) in [7, 11) is 0. The first-order valence-corrected chi connectivity index (χ1v) is 4.22. The summed E-state index contributed by atoms with van der Waals surface area (Å²) >= 11 is 0. The summed E-state index contributed by atoms with van der Waals surface area (Å²) in [5.41, 5.74) is 1.42. The number of hydrogen-bond acceptors (Lipinski definition) is 0. The van der Waals surface area contributed by atoms with Gasteiger partial charge in [-0.1, -0.05) is 44.2 Å². The molecule has 0 aromatic heterocycles.